The maximum absolute atomic E-state index is 13.3. The summed E-state index contributed by atoms with van der Waals surface area (Å²) in [6.45, 7) is 7.47. The number of ketones is 1. The van der Waals surface area contributed by atoms with Crippen LogP contribution in [0.3, 0.4) is 0 Å². The van der Waals surface area contributed by atoms with Crippen LogP contribution in [0.2, 0.25) is 5.02 Å². The van der Waals surface area contributed by atoms with Crippen LogP contribution < -0.4 is 15.5 Å². The van der Waals surface area contributed by atoms with Crippen molar-refractivity contribution in [2.75, 3.05) is 16.8 Å². The van der Waals surface area contributed by atoms with Crippen LogP contribution in [-0.2, 0) is 4.79 Å². The molecule has 3 N–H and O–H groups in total. The molecule has 1 aliphatic heterocycles. The maximum atomic E-state index is 13.3. The number of anilines is 2. The molecule has 37 heavy (non-hydrogen) atoms. The van der Waals surface area contributed by atoms with Crippen molar-refractivity contribution in [3.8, 4) is 5.75 Å². The number of urea groups is 1. The van der Waals surface area contributed by atoms with E-state index in [1.54, 1.807) is 59.6 Å². The smallest absolute Gasteiger partial charge is 0.324 e. The van der Waals surface area contributed by atoms with Crippen molar-refractivity contribution in [1.82, 2.24) is 5.32 Å². The molecule has 8 heteroatoms. The molecule has 7 nitrogen and oxygen atoms in total. The van der Waals surface area contributed by atoms with E-state index >= 15 is 0 Å². The van der Waals surface area contributed by atoms with Crippen LogP contribution >= 0.6 is 11.6 Å². The molecule has 3 aromatic rings. The number of aliphatic imine (C=N–C) groups is 1. The largest absolute Gasteiger partial charge is 0.507 e. The molecule has 0 radical (unpaired) electrons. The molecule has 1 heterocycles. The molecule has 1 aliphatic rings. The molecule has 0 aromatic heterocycles. The molecule has 0 aliphatic carbocycles. The van der Waals surface area contributed by atoms with E-state index in [1.165, 1.54) is 0 Å². The van der Waals surface area contributed by atoms with E-state index in [4.69, 9.17) is 11.6 Å². The number of halogens is 1. The van der Waals surface area contributed by atoms with Crippen molar-refractivity contribution in [1.29, 1.82) is 0 Å². The third-order valence-electron chi connectivity index (χ3n) is 5.91. The van der Waals surface area contributed by atoms with Gasteiger partial charge < -0.3 is 15.3 Å². The number of nitrogens with zero attached hydrogens (tertiary/aromatic N) is 2. The lowest BCUT2D eigenvalue weighted by Crippen LogP contribution is -2.37. The van der Waals surface area contributed by atoms with Crippen LogP contribution in [0.15, 0.2) is 77.5 Å². The van der Waals surface area contributed by atoms with Gasteiger partial charge in [0.05, 0.1) is 17.9 Å². The zero-order valence-electron chi connectivity index (χ0n) is 21.2. The van der Waals surface area contributed by atoms with Gasteiger partial charge in [0.15, 0.2) is 11.6 Å². The Morgan fingerprint density at radius 3 is 2.46 bits per heavy atom. The number of phenols is 1. The minimum Gasteiger partial charge on any atom is -0.507 e. The molecule has 0 saturated heterocycles. The van der Waals surface area contributed by atoms with Crippen LogP contribution in [0.25, 0.3) is 5.70 Å². The quantitative estimate of drug-likeness (QED) is 0.368. The van der Waals surface area contributed by atoms with Crippen molar-refractivity contribution in [2.45, 2.75) is 27.7 Å². The number of phenolic OH excluding ortho intramolecular Hbond substituents is 1. The number of nitrogens with one attached hydrogen (secondary N) is 2. The van der Waals surface area contributed by atoms with Gasteiger partial charge in [-0.25, -0.2) is 9.79 Å². The lowest BCUT2D eigenvalue weighted by molar-refractivity contribution is -0.124. The molecule has 0 spiro atoms. The second-order valence-electron chi connectivity index (χ2n) is 9.88. The number of fused-ring (bicyclic) bond motifs is 1. The van der Waals surface area contributed by atoms with Gasteiger partial charge in [0.1, 0.15) is 5.75 Å². The van der Waals surface area contributed by atoms with Gasteiger partial charge in [-0.05, 0) is 55.0 Å². The van der Waals surface area contributed by atoms with Crippen molar-refractivity contribution in [3.05, 3.63) is 94.3 Å². The Kier molecular flexibility index (Phi) is 7.36. The van der Waals surface area contributed by atoms with Crippen molar-refractivity contribution >= 4 is 46.7 Å². The predicted molar refractivity (Wildman–Crippen MR) is 149 cm³/mol. The number of Topliss-reactive ketones (excluding diaryl/α,β-unsaturated/α-hetero) is 1. The standard InChI is InChI=1S/C29H29ClN4O3/c1-18-8-7-9-21(14-18)32-28(37)33-27-26(22-10-5-6-11-24(22)35)34(17-25(36)29(2,3)4)23-13-12-20(30)15-19(23)16-31-27/h5-16,35H,17H2,1-4H3,(H2,32,33,37). The minimum atomic E-state index is -0.625. The highest BCUT2D eigenvalue weighted by Crippen LogP contribution is 2.38. The van der Waals surface area contributed by atoms with Crippen molar-refractivity contribution in [2.24, 2.45) is 10.4 Å². The first-order chi connectivity index (χ1) is 17.5. The fourth-order valence-electron chi connectivity index (χ4n) is 3.89. The summed E-state index contributed by atoms with van der Waals surface area (Å²) in [6.07, 6.45) is 1.59. The molecule has 0 fully saturated rings. The summed E-state index contributed by atoms with van der Waals surface area (Å²) in [5.74, 6) is 0.115. The molecule has 2 amide bonds. The topological polar surface area (TPSA) is 94.0 Å². The first kappa shape index (κ1) is 26.0. The van der Waals surface area contributed by atoms with Gasteiger partial charge in [0.2, 0.25) is 0 Å². The third kappa shape index (κ3) is 6.01. The van der Waals surface area contributed by atoms with Crippen LogP contribution in [0, 0.1) is 12.3 Å². The Morgan fingerprint density at radius 2 is 1.76 bits per heavy atom. The van der Waals surface area contributed by atoms with E-state index in [-0.39, 0.29) is 23.9 Å². The molecule has 190 valence electrons. The Morgan fingerprint density at radius 1 is 1.00 bits per heavy atom. The van der Waals surface area contributed by atoms with E-state index in [1.807, 2.05) is 45.9 Å². The highest BCUT2D eigenvalue weighted by molar-refractivity contribution is 6.31. The molecule has 0 saturated carbocycles. The summed E-state index contributed by atoms with van der Waals surface area (Å²) in [5, 5.41) is 17.0. The first-order valence-corrected chi connectivity index (χ1v) is 12.2. The number of aromatic hydroxyl groups is 1. The summed E-state index contributed by atoms with van der Waals surface area (Å²) >= 11 is 6.28. The summed E-state index contributed by atoms with van der Waals surface area (Å²) in [5.41, 5.74) is 3.12. The van der Waals surface area contributed by atoms with E-state index in [0.717, 1.165) is 5.56 Å². The van der Waals surface area contributed by atoms with Gasteiger partial charge in [-0.1, -0.05) is 56.6 Å². The average Bonchev–Trinajstić information content (AvgIpc) is 2.95. The van der Waals surface area contributed by atoms with Crippen LogP contribution in [0.5, 0.6) is 5.75 Å². The fourth-order valence-corrected chi connectivity index (χ4v) is 4.07. The third-order valence-corrected chi connectivity index (χ3v) is 6.15. The monoisotopic (exact) mass is 516 g/mol. The number of rotatable bonds is 5. The molecule has 0 bridgehead atoms. The lowest BCUT2D eigenvalue weighted by Gasteiger charge is -2.31. The Balaban J connectivity index is 1.86. The van der Waals surface area contributed by atoms with Crippen LogP contribution in [0.4, 0.5) is 16.2 Å². The number of carbonyl (C=O) groups excluding carboxylic acids is 2. The van der Waals surface area contributed by atoms with Crippen LogP contribution in [-0.4, -0.2) is 29.7 Å². The van der Waals surface area contributed by atoms with Crippen molar-refractivity contribution in [3.63, 3.8) is 0 Å². The van der Waals surface area contributed by atoms with E-state index in [2.05, 4.69) is 15.6 Å². The second-order valence-corrected chi connectivity index (χ2v) is 10.3. The maximum Gasteiger partial charge on any atom is 0.324 e. The number of aryl methyl sites for hydroxylation is 1. The summed E-state index contributed by atoms with van der Waals surface area (Å²) in [7, 11) is 0. The van der Waals surface area contributed by atoms with Gasteiger partial charge in [-0.2, -0.15) is 0 Å². The van der Waals surface area contributed by atoms with Gasteiger partial charge in [-0.15, -0.1) is 0 Å². The molecular formula is C29H29ClN4O3. The summed E-state index contributed by atoms with van der Waals surface area (Å²) < 4.78 is 0. The first-order valence-electron chi connectivity index (χ1n) is 11.8. The molecule has 0 unspecified atom stereocenters. The SMILES string of the molecule is Cc1cccc(NC(=O)NC2=C(c3ccccc3O)N(CC(=O)C(C)(C)C)c3ccc(Cl)cc3C=N2)c1. The van der Waals surface area contributed by atoms with Crippen LogP contribution in [0.1, 0.15) is 37.5 Å². The Labute approximate surface area is 221 Å². The molecule has 0 atom stereocenters. The average molecular weight is 517 g/mol. The molecule has 3 aromatic carbocycles. The zero-order valence-corrected chi connectivity index (χ0v) is 21.9. The number of amides is 2. The number of benzene rings is 3. The molecule has 4 rings (SSSR count). The Bertz CT molecular complexity index is 1420. The molecular weight excluding hydrogens is 488 g/mol. The predicted octanol–water partition coefficient (Wildman–Crippen LogP) is 6.36. The number of hydrogen-bond acceptors (Lipinski definition) is 5. The zero-order chi connectivity index (χ0) is 26.7. The second kappa shape index (κ2) is 10.5. The Hall–Kier alpha value is -4.10. The van der Waals surface area contributed by atoms with Gasteiger partial charge in [0.25, 0.3) is 0 Å². The van der Waals surface area contributed by atoms with Gasteiger partial charge >= 0.3 is 6.03 Å². The number of hydrogen-bond donors (Lipinski definition) is 3. The number of carbonyl (C=O) groups is 2. The summed E-state index contributed by atoms with van der Waals surface area (Å²) in [6, 6.07) is 18.9. The van der Waals surface area contributed by atoms with Gasteiger partial charge in [0, 0.05) is 33.5 Å². The van der Waals surface area contributed by atoms with E-state index in [0.29, 0.717) is 33.2 Å². The highest BCUT2D eigenvalue weighted by Gasteiger charge is 2.31. The van der Waals surface area contributed by atoms with E-state index < -0.39 is 11.4 Å². The van der Waals surface area contributed by atoms with E-state index in [9.17, 15) is 14.7 Å². The number of para-hydroxylation sites is 1. The fraction of sp³-hybridized carbons (Fsp3) is 0.207. The van der Waals surface area contributed by atoms with Gasteiger partial charge in [-0.3, -0.25) is 10.1 Å². The normalized spacial score (nSPS) is 13.2. The summed E-state index contributed by atoms with van der Waals surface area (Å²) in [4.78, 5) is 32.7. The minimum absolute atomic E-state index is 0.0169. The highest BCUT2D eigenvalue weighted by atomic mass is 35.5. The van der Waals surface area contributed by atoms with Crippen molar-refractivity contribution < 1.29 is 14.7 Å². The lowest BCUT2D eigenvalue weighted by atomic mass is 9.90.